The lowest BCUT2D eigenvalue weighted by Gasteiger charge is -2.26. The van der Waals surface area contributed by atoms with E-state index >= 15 is 0 Å². The lowest BCUT2D eigenvalue weighted by Crippen LogP contribution is -2.53. The normalized spacial score (nSPS) is 24.4. The Balaban J connectivity index is 1.94. The lowest BCUT2D eigenvalue weighted by molar-refractivity contribution is -0.148. The van der Waals surface area contributed by atoms with Gasteiger partial charge in [0.15, 0.2) is 0 Å². The predicted octanol–water partition coefficient (Wildman–Crippen LogP) is 1.37. The minimum Gasteiger partial charge on any atom is -0.467 e. The standard InChI is InChI=1S/C15H19NO5/c1-20-13(18)15(8-7-12(17)9-15)16-14(19)21-10-11-5-3-2-4-6-11/h2-6,12,17H,7-10H2,1H3,(H,16,19)/t12-,15+/m1/s1. The number of hydrogen-bond acceptors (Lipinski definition) is 5. The van der Waals surface area contributed by atoms with E-state index in [4.69, 9.17) is 9.47 Å². The second-order valence-corrected chi connectivity index (χ2v) is 5.16. The van der Waals surface area contributed by atoms with Crippen LogP contribution in [-0.4, -0.2) is 35.9 Å². The first-order valence-electron chi connectivity index (χ1n) is 6.81. The van der Waals surface area contributed by atoms with Gasteiger partial charge in [0.25, 0.3) is 0 Å². The Hall–Kier alpha value is -2.08. The first kappa shape index (κ1) is 15.3. The minimum atomic E-state index is -1.19. The molecule has 21 heavy (non-hydrogen) atoms. The van der Waals surface area contributed by atoms with Crippen molar-refractivity contribution in [3.63, 3.8) is 0 Å². The molecule has 114 valence electrons. The maximum atomic E-state index is 11.9. The number of aliphatic hydroxyl groups excluding tert-OH is 1. The van der Waals surface area contributed by atoms with Crippen molar-refractivity contribution < 1.29 is 24.2 Å². The summed E-state index contributed by atoms with van der Waals surface area (Å²) in [5.74, 6) is -0.560. The number of nitrogens with one attached hydrogen (secondary N) is 1. The summed E-state index contributed by atoms with van der Waals surface area (Å²) in [6.07, 6.45) is -0.410. The number of methoxy groups -OCH3 is 1. The fourth-order valence-corrected chi connectivity index (χ4v) is 2.52. The maximum absolute atomic E-state index is 11.9. The molecule has 2 N–H and O–H groups in total. The third kappa shape index (κ3) is 3.72. The molecule has 6 heteroatoms. The SMILES string of the molecule is COC(=O)[C@]1(NC(=O)OCc2ccccc2)CC[C@@H](O)C1. The van der Waals surface area contributed by atoms with Gasteiger partial charge in [0, 0.05) is 6.42 Å². The van der Waals surface area contributed by atoms with Gasteiger partial charge in [-0.25, -0.2) is 9.59 Å². The molecule has 1 saturated carbocycles. The molecule has 0 spiro atoms. The molecule has 0 unspecified atom stereocenters. The van der Waals surface area contributed by atoms with Gasteiger partial charge in [-0.3, -0.25) is 0 Å². The first-order valence-corrected chi connectivity index (χ1v) is 6.81. The van der Waals surface area contributed by atoms with Crippen molar-refractivity contribution in [3.8, 4) is 0 Å². The number of ether oxygens (including phenoxy) is 2. The van der Waals surface area contributed by atoms with Crippen LogP contribution in [0.15, 0.2) is 30.3 Å². The zero-order valence-electron chi connectivity index (χ0n) is 11.9. The van der Waals surface area contributed by atoms with Gasteiger partial charge in [-0.2, -0.15) is 0 Å². The average molecular weight is 293 g/mol. The van der Waals surface area contributed by atoms with Crippen molar-refractivity contribution >= 4 is 12.1 Å². The third-order valence-electron chi connectivity index (χ3n) is 3.62. The average Bonchev–Trinajstić information content (AvgIpc) is 2.87. The van der Waals surface area contributed by atoms with Gasteiger partial charge in [-0.15, -0.1) is 0 Å². The smallest absolute Gasteiger partial charge is 0.408 e. The van der Waals surface area contributed by atoms with E-state index in [1.807, 2.05) is 30.3 Å². The van der Waals surface area contributed by atoms with Gasteiger partial charge in [0.1, 0.15) is 12.1 Å². The molecule has 0 radical (unpaired) electrons. The fourth-order valence-electron chi connectivity index (χ4n) is 2.52. The van der Waals surface area contributed by atoms with Gasteiger partial charge in [-0.1, -0.05) is 30.3 Å². The number of hydrogen-bond donors (Lipinski definition) is 2. The summed E-state index contributed by atoms with van der Waals surface area (Å²) < 4.78 is 9.83. The molecule has 2 atom stereocenters. The van der Waals surface area contributed by atoms with E-state index in [0.29, 0.717) is 12.8 Å². The molecule has 1 amide bonds. The van der Waals surface area contributed by atoms with Crippen molar-refractivity contribution in [2.24, 2.45) is 0 Å². The number of esters is 1. The highest BCUT2D eigenvalue weighted by Gasteiger charge is 2.47. The molecule has 1 aliphatic carbocycles. The van der Waals surface area contributed by atoms with Gasteiger partial charge in [0.05, 0.1) is 13.2 Å². The molecule has 1 fully saturated rings. The van der Waals surface area contributed by atoms with Crippen LogP contribution in [0.3, 0.4) is 0 Å². The van der Waals surface area contributed by atoms with E-state index in [9.17, 15) is 14.7 Å². The number of carbonyl (C=O) groups is 2. The first-order chi connectivity index (χ1) is 10.1. The van der Waals surface area contributed by atoms with Crippen LogP contribution in [0, 0.1) is 0 Å². The van der Waals surface area contributed by atoms with Crippen LogP contribution >= 0.6 is 0 Å². The summed E-state index contributed by atoms with van der Waals surface area (Å²) in [5, 5.41) is 12.2. The quantitative estimate of drug-likeness (QED) is 0.819. The highest BCUT2D eigenvalue weighted by Crippen LogP contribution is 2.31. The Morgan fingerprint density at radius 2 is 2.10 bits per heavy atom. The molecule has 1 aliphatic rings. The number of alkyl carbamates (subject to hydrolysis) is 1. The monoisotopic (exact) mass is 293 g/mol. The molecule has 1 aromatic rings. The van der Waals surface area contributed by atoms with Crippen LogP contribution < -0.4 is 5.32 Å². The zero-order valence-corrected chi connectivity index (χ0v) is 11.9. The number of amides is 1. The highest BCUT2D eigenvalue weighted by atomic mass is 16.6. The van der Waals surface area contributed by atoms with E-state index in [-0.39, 0.29) is 13.0 Å². The van der Waals surface area contributed by atoms with Crippen LogP contribution in [0.5, 0.6) is 0 Å². The number of aliphatic hydroxyl groups is 1. The van der Waals surface area contributed by atoms with Gasteiger partial charge in [-0.05, 0) is 18.4 Å². The Kier molecular flexibility index (Phi) is 4.80. The molecule has 0 heterocycles. The second kappa shape index (κ2) is 6.58. The fraction of sp³-hybridized carbons (Fsp3) is 0.467. The Morgan fingerprint density at radius 1 is 1.38 bits per heavy atom. The number of carbonyl (C=O) groups excluding carboxylic acids is 2. The topological polar surface area (TPSA) is 84.9 Å². The van der Waals surface area contributed by atoms with Crippen LogP contribution in [0.1, 0.15) is 24.8 Å². The lowest BCUT2D eigenvalue weighted by atomic mass is 9.98. The zero-order chi connectivity index (χ0) is 15.3. The summed E-state index contributed by atoms with van der Waals surface area (Å²) in [6, 6.07) is 9.24. The number of rotatable bonds is 4. The van der Waals surface area contributed by atoms with Crippen LogP contribution in [-0.2, 0) is 20.9 Å². The molecule has 0 saturated heterocycles. The second-order valence-electron chi connectivity index (χ2n) is 5.16. The summed E-state index contributed by atoms with van der Waals surface area (Å²) in [6.45, 7) is 0.118. The molecule has 0 aromatic heterocycles. The number of benzene rings is 1. The van der Waals surface area contributed by atoms with E-state index in [1.165, 1.54) is 7.11 Å². The molecular formula is C15H19NO5. The van der Waals surface area contributed by atoms with Crippen molar-refractivity contribution in [1.82, 2.24) is 5.32 Å². The van der Waals surface area contributed by atoms with Gasteiger partial charge in [0.2, 0.25) is 0 Å². The molecule has 6 nitrogen and oxygen atoms in total. The molecule has 0 bridgehead atoms. The van der Waals surface area contributed by atoms with E-state index in [0.717, 1.165) is 5.56 Å². The van der Waals surface area contributed by atoms with Gasteiger partial charge < -0.3 is 19.9 Å². The van der Waals surface area contributed by atoms with E-state index in [1.54, 1.807) is 0 Å². The molecular weight excluding hydrogens is 274 g/mol. The van der Waals surface area contributed by atoms with E-state index < -0.39 is 23.7 Å². The summed E-state index contributed by atoms with van der Waals surface area (Å²) >= 11 is 0. The van der Waals surface area contributed by atoms with Crippen LogP contribution in [0.25, 0.3) is 0 Å². The highest BCUT2D eigenvalue weighted by molar-refractivity contribution is 5.86. The Morgan fingerprint density at radius 3 is 2.67 bits per heavy atom. The minimum absolute atomic E-state index is 0.118. The van der Waals surface area contributed by atoms with Crippen LogP contribution in [0.2, 0.25) is 0 Å². The molecule has 1 aromatic carbocycles. The van der Waals surface area contributed by atoms with Crippen molar-refractivity contribution in [1.29, 1.82) is 0 Å². The van der Waals surface area contributed by atoms with Crippen molar-refractivity contribution in [2.75, 3.05) is 7.11 Å². The van der Waals surface area contributed by atoms with Crippen LogP contribution in [0.4, 0.5) is 4.79 Å². The predicted molar refractivity (Wildman–Crippen MR) is 74.4 cm³/mol. The summed E-state index contributed by atoms with van der Waals surface area (Å²) in [7, 11) is 1.26. The Labute approximate surface area is 123 Å². The molecule has 0 aliphatic heterocycles. The largest absolute Gasteiger partial charge is 0.467 e. The van der Waals surface area contributed by atoms with Crippen molar-refractivity contribution in [3.05, 3.63) is 35.9 Å². The Bertz CT molecular complexity index is 504. The van der Waals surface area contributed by atoms with Crippen molar-refractivity contribution in [2.45, 2.75) is 37.5 Å². The molecule has 2 rings (SSSR count). The summed E-state index contributed by atoms with van der Waals surface area (Å²) in [5.41, 5.74) is -0.340. The maximum Gasteiger partial charge on any atom is 0.408 e. The van der Waals surface area contributed by atoms with E-state index in [2.05, 4.69) is 5.32 Å². The third-order valence-corrected chi connectivity index (χ3v) is 3.62. The van der Waals surface area contributed by atoms with Gasteiger partial charge >= 0.3 is 12.1 Å². The summed E-state index contributed by atoms with van der Waals surface area (Å²) in [4.78, 5) is 23.8.